The quantitative estimate of drug-likeness (QED) is 0.444. The summed E-state index contributed by atoms with van der Waals surface area (Å²) in [4.78, 5) is 12.3. The van der Waals surface area contributed by atoms with Crippen molar-refractivity contribution >= 4 is 22.8 Å². The van der Waals surface area contributed by atoms with Crippen molar-refractivity contribution in [3.8, 4) is 11.5 Å². The van der Waals surface area contributed by atoms with Gasteiger partial charge in [0.2, 0.25) is 0 Å². The number of alkyl halides is 3. The molecule has 3 rings (SSSR count). The van der Waals surface area contributed by atoms with Crippen LogP contribution in [0.1, 0.15) is 21.5 Å². The molecule has 7 heteroatoms. The van der Waals surface area contributed by atoms with Gasteiger partial charge in [-0.1, -0.05) is 12.1 Å². The van der Waals surface area contributed by atoms with E-state index < -0.39 is 17.5 Å². The zero-order valence-corrected chi connectivity index (χ0v) is 14.5. The topological polar surface area (TPSA) is 48.7 Å². The molecule has 0 aliphatic carbocycles. The summed E-state index contributed by atoms with van der Waals surface area (Å²) in [5, 5.41) is 0.656. The van der Waals surface area contributed by atoms with Gasteiger partial charge in [0.25, 0.3) is 0 Å². The van der Waals surface area contributed by atoms with Crippen LogP contribution in [-0.4, -0.2) is 20.0 Å². The highest BCUT2D eigenvalue weighted by molar-refractivity contribution is 6.07. The minimum Gasteiger partial charge on any atom is -0.495 e. The first-order valence-electron chi connectivity index (χ1n) is 7.87. The standard InChI is InChI=1S/C20H15F3O4/c1-25-17-11-13(18(26-2)15-8-9-27-19(15)17)6-7-16(24)12-4-3-5-14(10-12)20(21,22)23/h3-11H,1-2H3/b7-6+. The van der Waals surface area contributed by atoms with Gasteiger partial charge >= 0.3 is 6.18 Å². The molecule has 0 N–H and O–H groups in total. The Bertz CT molecular complexity index is 1020. The van der Waals surface area contributed by atoms with E-state index in [1.165, 1.54) is 44.8 Å². The van der Waals surface area contributed by atoms with Crippen LogP contribution in [0.3, 0.4) is 0 Å². The molecule has 0 aliphatic rings. The number of fused-ring (bicyclic) bond motifs is 1. The van der Waals surface area contributed by atoms with E-state index >= 15 is 0 Å². The molecule has 3 aromatic rings. The summed E-state index contributed by atoms with van der Waals surface area (Å²) in [7, 11) is 2.95. The minimum absolute atomic E-state index is 0.0589. The summed E-state index contributed by atoms with van der Waals surface area (Å²) in [5.41, 5.74) is 0.0940. The molecule has 0 spiro atoms. The number of halogens is 3. The molecule has 1 aromatic heterocycles. The molecule has 0 saturated heterocycles. The van der Waals surface area contributed by atoms with Crippen LogP contribution in [0.5, 0.6) is 11.5 Å². The van der Waals surface area contributed by atoms with Gasteiger partial charge in [0.1, 0.15) is 5.75 Å². The van der Waals surface area contributed by atoms with Crippen LogP contribution in [-0.2, 0) is 6.18 Å². The molecule has 0 atom stereocenters. The maximum atomic E-state index is 12.8. The number of allylic oxidation sites excluding steroid dienone is 1. The largest absolute Gasteiger partial charge is 0.495 e. The minimum atomic E-state index is -4.51. The first-order valence-corrected chi connectivity index (χ1v) is 7.87. The molecule has 4 nitrogen and oxygen atoms in total. The molecule has 2 aromatic carbocycles. The number of methoxy groups -OCH3 is 2. The first-order chi connectivity index (χ1) is 12.8. The van der Waals surface area contributed by atoms with Gasteiger partial charge in [-0.25, -0.2) is 0 Å². The lowest BCUT2D eigenvalue weighted by molar-refractivity contribution is -0.137. The van der Waals surface area contributed by atoms with E-state index in [4.69, 9.17) is 13.9 Å². The fourth-order valence-corrected chi connectivity index (χ4v) is 2.72. The second-order valence-corrected chi connectivity index (χ2v) is 5.64. The highest BCUT2D eigenvalue weighted by atomic mass is 19.4. The van der Waals surface area contributed by atoms with Crippen molar-refractivity contribution in [1.29, 1.82) is 0 Å². The van der Waals surface area contributed by atoms with Crippen LogP contribution in [0.25, 0.3) is 17.0 Å². The van der Waals surface area contributed by atoms with Crippen molar-refractivity contribution in [2.24, 2.45) is 0 Å². The molecule has 140 valence electrons. The Morgan fingerprint density at radius 1 is 1.11 bits per heavy atom. The summed E-state index contributed by atoms with van der Waals surface area (Å²) in [6.45, 7) is 0. The highest BCUT2D eigenvalue weighted by Gasteiger charge is 2.30. The smallest absolute Gasteiger partial charge is 0.416 e. The predicted molar refractivity (Wildman–Crippen MR) is 94.1 cm³/mol. The van der Waals surface area contributed by atoms with E-state index in [-0.39, 0.29) is 5.56 Å². The zero-order chi connectivity index (χ0) is 19.6. The molecule has 0 fully saturated rings. The predicted octanol–water partition coefficient (Wildman–Crippen LogP) is 5.36. The Labute approximate surface area is 152 Å². The van der Waals surface area contributed by atoms with Crippen molar-refractivity contribution in [2.45, 2.75) is 6.18 Å². The summed E-state index contributed by atoms with van der Waals surface area (Å²) >= 11 is 0. The van der Waals surface area contributed by atoms with E-state index in [1.54, 1.807) is 12.1 Å². The maximum absolute atomic E-state index is 12.8. The molecule has 1 heterocycles. The molecular weight excluding hydrogens is 361 g/mol. The Balaban J connectivity index is 1.97. The lowest BCUT2D eigenvalue weighted by atomic mass is 10.0. The van der Waals surface area contributed by atoms with Crippen molar-refractivity contribution < 1.29 is 31.9 Å². The third-order valence-electron chi connectivity index (χ3n) is 4.00. The summed E-state index contributed by atoms with van der Waals surface area (Å²) in [6.07, 6.45) is -0.366. The summed E-state index contributed by atoms with van der Waals surface area (Å²) in [5.74, 6) is 0.351. The van der Waals surface area contributed by atoms with E-state index in [0.29, 0.717) is 28.0 Å². The molecule has 0 unspecified atom stereocenters. The van der Waals surface area contributed by atoms with E-state index in [2.05, 4.69) is 0 Å². The molecule has 0 bridgehead atoms. The van der Waals surface area contributed by atoms with Crippen molar-refractivity contribution in [3.63, 3.8) is 0 Å². The van der Waals surface area contributed by atoms with Crippen LogP contribution in [0, 0.1) is 0 Å². The lowest BCUT2D eigenvalue weighted by Gasteiger charge is -2.09. The van der Waals surface area contributed by atoms with Gasteiger partial charge in [-0.15, -0.1) is 0 Å². The van der Waals surface area contributed by atoms with Gasteiger partial charge in [0, 0.05) is 11.1 Å². The Kier molecular flexibility index (Phi) is 4.94. The monoisotopic (exact) mass is 376 g/mol. The maximum Gasteiger partial charge on any atom is 0.416 e. The van der Waals surface area contributed by atoms with E-state index in [0.717, 1.165) is 12.1 Å². The van der Waals surface area contributed by atoms with Gasteiger partial charge < -0.3 is 13.9 Å². The van der Waals surface area contributed by atoms with Gasteiger partial charge in [-0.05, 0) is 36.4 Å². The fourth-order valence-electron chi connectivity index (χ4n) is 2.72. The van der Waals surface area contributed by atoms with Gasteiger partial charge in [0.15, 0.2) is 17.1 Å². The SMILES string of the molecule is COc1c(/C=C/C(=O)c2cccc(C(F)(F)F)c2)cc(OC)c2occc12. The highest BCUT2D eigenvalue weighted by Crippen LogP contribution is 2.38. The van der Waals surface area contributed by atoms with Crippen LogP contribution < -0.4 is 9.47 Å². The number of rotatable bonds is 5. The van der Waals surface area contributed by atoms with Crippen LogP contribution in [0.4, 0.5) is 13.2 Å². The molecule has 27 heavy (non-hydrogen) atoms. The summed E-state index contributed by atoms with van der Waals surface area (Å²) < 4.78 is 54.5. The number of carbonyl (C=O) groups excluding carboxylic acids is 1. The molecule has 0 aliphatic heterocycles. The number of carbonyl (C=O) groups is 1. The van der Waals surface area contributed by atoms with Crippen LogP contribution in [0.2, 0.25) is 0 Å². The second kappa shape index (κ2) is 7.19. The average Bonchev–Trinajstić information content (AvgIpc) is 3.14. The molecular formula is C20H15F3O4. The van der Waals surface area contributed by atoms with Crippen molar-refractivity contribution in [3.05, 3.63) is 65.4 Å². The first kappa shape index (κ1) is 18.6. The second-order valence-electron chi connectivity index (χ2n) is 5.64. The fraction of sp³-hybridized carbons (Fsp3) is 0.150. The van der Waals surface area contributed by atoms with Crippen molar-refractivity contribution in [1.82, 2.24) is 0 Å². The van der Waals surface area contributed by atoms with Crippen molar-refractivity contribution in [2.75, 3.05) is 14.2 Å². The van der Waals surface area contributed by atoms with Gasteiger partial charge in [-0.2, -0.15) is 13.2 Å². The number of ketones is 1. The van der Waals surface area contributed by atoms with Gasteiger partial charge in [-0.3, -0.25) is 4.79 Å². The summed E-state index contributed by atoms with van der Waals surface area (Å²) in [6, 6.07) is 7.60. The van der Waals surface area contributed by atoms with E-state index in [9.17, 15) is 18.0 Å². The lowest BCUT2D eigenvalue weighted by Crippen LogP contribution is -2.06. The zero-order valence-electron chi connectivity index (χ0n) is 14.5. The van der Waals surface area contributed by atoms with Gasteiger partial charge in [0.05, 0.1) is 31.4 Å². The number of furan rings is 1. The number of hydrogen-bond donors (Lipinski definition) is 0. The number of ether oxygens (including phenoxy) is 2. The average molecular weight is 376 g/mol. The third-order valence-corrected chi connectivity index (χ3v) is 4.00. The molecule has 0 saturated carbocycles. The normalized spacial score (nSPS) is 11.9. The van der Waals surface area contributed by atoms with Crippen LogP contribution in [0.15, 0.2) is 53.2 Å². The van der Waals surface area contributed by atoms with Crippen LogP contribution >= 0.6 is 0 Å². The Morgan fingerprint density at radius 2 is 1.89 bits per heavy atom. The van der Waals surface area contributed by atoms with E-state index in [1.807, 2.05) is 0 Å². The third kappa shape index (κ3) is 3.67. The molecule has 0 radical (unpaired) electrons. The molecule has 0 amide bonds. The number of benzene rings is 2. The Hall–Kier alpha value is -3.22. The Morgan fingerprint density at radius 3 is 2.56 bits per heavy atom. The number of hydrogen-bond acceptors (Lipinski definition) is 4.